The number of carbonyl (C=O) groups is 1. The highest BCUT2D eigenvalue weighted by atomic mass is 16.8. The van der Waals surface area contributed by atoms with E-state index < -0.39 is 67.6 Å². The van der Waals surface area contributed by atoms with E-state index in [-0.39, 0.29) is 32.3 Å². The number of benzene rings is 5. The van der Waals surface area contributed by atoms with Gasteiger partial charge in [-0.1, -0.05) is 133 Å². The molecule has 12 nitrogen and oxygen atoms in total. The average Bonchev–Trinajstić information content (AvgIpc) is 3.31. The molecule has 0 radical (unpaired) electrons. The number of hydrogen-bond donors (Lipinski definition) is 1. The molecule has 8 rings (SSSR count). The molecule has 5 aromatic carbocycles. The second-order valence-electron chi connectivity index (χ2n) is 15.7. The Bertz CT molecular complexity index is 2100. The van der Waals surface area contributed by atoms with Crippen molar-refractivity contribution in [1.29, 1.82) is 0 Å². The van der Waals surface area contributed by atoms with Crippen molar-refractivity contribution < 1.29 is 52.2 Å². The summed E-state index contributed by atoms with van der Waals surface area (Å²) in [6.07, 6.45) is -7.56. The SMILES string of the molecule is COc1ccc(CO[C@@H]2O[C@@H]3COC(c4ccccc4)O[C@H]3[C@H](O[C@@H]3O[C@@H](C)[C@@H](OCc4ccccc4)[C@@H](OCc4ccccc4)[C@@H]3OCc3ccccc3)[C@H]2NC(C)=O)cc1. The zero-order valence-electron chi connectivity index (χ0n) is 35.2. The Balaban J connectivity index is 1.14. The maximum Gasteiger partial charge on any atom is 0.217 e. The molecule has 62 heavy (non-hydrogen) atoms. The monoisotopic (exact) mass is 845 g/mol. The lowest BCUT2D eigenvalue weighted by Gasteiger charge is -2.52. The zero-order valence-corrected chi connectivity index (χ0v) is 35.2. The number of rotatable bonds is 17. The molecule has 3 saturated heterocycles. The predicted molar refractivity (Wildman–Crippen MR) is 228 cm³/mol. The second kappa shape index (κ2) is 21.4. The zero-order chi connectivity index (χ0) is 42.7. The van der Waals surface area contributed by atoms with Gasteiger partial charge in [-0.05, 0) is 41.3 Å². The highest BCUT2D eigenvalue weighted by molar-refractivity contribution is 5.73. The molecule has 326 valence electrons. The third-order valence-corrected chi connectivity index (χ3v) is 11.2. The summed E-state index contributed by atoms with van der Waals surface area (Å²) in [4.78, 5) is 13.1. The summed E-state index contributed by atoms with van der Waals surface area (Å²) in [5, 5.41) is 3.10. The Labute approximate surface area is 363 Å². The lowest BCUT2D eigenvalue weighted by molar-refractivity contribution is -0.383. The van der Waals surface area contributed by atoms with Crippen molar-refractivity contribution in [3.63, 3.8) is 0 Å². The molecule has 0 spiro atoms. The standard InChI is InChI=1S/C50H55NO11/c1-33-43(54-28-35-16-8-4-9-17-35)46(55-29-36-18-10-5-11-19-36)47(56-30-37-20-12-6-13-21-37)50(59-33)62-45-42(51-34(2)52)49(57-31-38-24-26-40(53-3)27-25-38)60-41-32-58-48(61-44(41)45)39-22-14-7-15-23-39/h4-27,33,41-50H,28-32H2,1-3H3,(H,51,52)/t33-,41+,42+,43+,44+,45+,46+,47-,48?,49+,50-/m0/s1. The Kier molecular flexibility index (Phi) is 15.1. The first kappa shape index (κ1) is 43.7. The van der Waals surface area contributed by atoms with Gasteiger partial charge < -0.3 is 52.7 Å². The summed E-state index contributed by atoms with van der Waals surface area (Å²) in [5.41, 5.74) is 4.68. The Morgan fingerprint density at radius 2 is 1.10 bits per heavy atom. The quantitative estimate of drug-likeness (QED) is 0.101. The molecule has 11 atom stereocenters. The predicted octanol–water partition coefficient (Wildman–Crippen LogP) is 7.44. The van der Waals surface area contributed by atoms with Crippen LogP contribution in [0.4, 0.5) is 0 Å². The molecule has 3 aliphatic heterocycles. The molecular formula is C50H55NO11. The lowest BCUT2D eigenvalue weighted by Crippen LogP contribution is -2.69. The van der Waals surface area contributed by atoms with Gasteiger partial charge in [0.2, 0.25) is 5.91 Å². The van der Waals surface area contributed by atoms with E-state index in [4.69, 9.17) is 47.4 Å². The molecule has 1 unspecified atom stereocenters. The molecular weight excluding hydrogens is 791 g/mol. The number of ether oxygens (including phenoxy) is 10. The van der Waals surface area contributed by atoms with E-state index in [1.165, 1.54) is 6.92 Å². The van der Waals surface area contributed by atoms with E-state index in [0.717, 1.165) is 33.6 Å². The van der Waals surface area contributed by atoms with Crippen LogP contribution in [0.2, 0.25) is 0 Å². The highest BCUT2D eigenvalue weighted by Gasteiger charge is 2.55. The molecule has 0 aliphatic carbocycles. The van der Waals surface area contributed by atoms with Crippen molar-refractivity contribution in [2.75, 3.05) is 13.7 Å². The number of fused-ring (bicyclic) bond motifs is 1. The first-order valence-electron chi connectivity index (χ1n) is 21.2. The van der Waals surface area contributed by atoms with Crippen LogP contribution in [-0.2, 0) is 73.9 Å². The van der Waals surface area contributed by atoms with Crippen molar-refractivity contribution in [3.05, 3.63) is 173 Å². The van der Waals surface area contributed by atoms with E-state index >= 15 is 0 Å². The van der Waals surface area contributed by atoms with Crippen LogP contribution in [-0.4, -0.2) is 81.0 Å². The molecule has 0 saturated carbocycles. The normalized spacial score (nSPS) is 28.4. The first-order valence-corrected chi connectivity index (χ1v) is 21.2. The van der Waals surface area contributed by atoms with Crippen LogP contribution < -0.4 is 10.1 Å². The number of carbonyl (C=O) groups excluding carboxylic acids is 1. The summed E-state index contributed by atoms with van der Waals surface area (Å²) >= 11 is 0. The molecule has 12 heteroatoms. The first-order chi connectivity index (χ1) is 30.4. The van der Waals surface area contributed by atoms with Crippen LogP contribution in [0.25, 0.3) is 0 Å². The fourth-order valence-corrected chi connectivity index (χ4v) is 8.08. The van der Waals surface area contributed by atoms with Crippen LogP contribution in [0.15, 0.2) is 146 Å². The molecule has 0 aromatic heterocycles. The Morgan fingerprint density at radius 1 is 0.581 bits per heavy atom. The van der Waals surface area contributed by atoms with Crippen LogP contribution in [0, 0.1) is 0 Å². The molecule has 0 bridgehead atoms. The Hall–Kier alpha value is -4.99. The van der Waals surface area contributed by atoms with Crippen LogP contribution in [0.1, 0.15) is 48.0 Å². The number of methoxy groups -OCH3 is 1. The van der Waals surface area contributed by atoms with Crippen molar-refractivity contribution in [3.8, 4) is 5.75 Å². The minimum absolute atomic E-state index is 0.174. The maximum absolute atomic E-state index is 13.1. The summed E-state index contributed by atoms with van der Waals surface area (Å²) < 4.78 is 66.0. The van der Waals surface area contributed by atoms with E-state index in [1.807, 2.05) is 153 Å². The lowest BCUT2D eigenvalue weighted by atomic mass is 9.94. The average molecular weight is 846 g/mol. The van der Waals surface area contributed by atoms with Gasteiger partial charge in [-0.3, -0.25) is 4.79 Å². The van der Waals surface area contributed by atoms with Gasteiger partial charge in [0.25, 0.3) is 0 Å². The minimum atomic E-state index is -1.03. The molecule has 3 fully saturated rings. The molecule has 5 aromatic rings. The van der Waals surface area contributed by atoms with Gasteiger partial charge in [0.05, 0.1) is 46.2 Å². The number of hydrogen-bond acceptors (Lipinski definition) is 11. The molecule has 1 N–H and O–H groups in total. The summed E-state index contributed by atoms with van der Waals surface area (Å²) in [6.45, 7) is 4.62. The minimum Gasteiger partial charge on any atom is -0.497 e. The van der Waals surface area contributed by atoms with Crippen molar-refractivity contribution >= 4 is 5.91 Å². The van der Waals surface area contributed by atoms with Crippen LogP contribution in [0.5, 0.6) is 5.75 Å². The van der Waals surface area contributed by atoms with Crippen LogP contribution >= 0.6 is 0 Å². The van der Waals surface area contributed by atoms with Gasteiger partial charge in [0.1, 0.15) is 48.4 Å². The van der Waals surface area contributed by atoms with Crippen LogP contribution in [0.3, 0.4) is 0 Å². The largest absolute Gasteiger partial charge is 0.497 e. The maximum atomic E-state index is 13.1. The number of nitrogens with one attached hydrogen (secondary N) is 1. The van der Waals surface area contributed by atoms with E-state index in [1.54, 1.807) is 7.11 Å². The Morgan fingerprint density at radius 3 is 1.66 bits per heavy atom. The van der Waals surface area contributed by atoms with Gasteiger partial charge in [-0.2, -0.15) is 0 Å². The molecule has 3 aliphatic rings. The summed E-state index contributed by atoms with van der Waals surface area (Å²) in [6, 6.07) is 46.3. The fraction of sp³-hybridized carbons (Fsp3) is 0.380. The van der Waals surface area contributed by atoms with E-state index in [0.29, 0.717) is 6.61 Å². The van der Waals surface area contributed by atoms with Gasteiger partial charge in [-0.15, -0.1) is 0 Å². The van der Waals surface area contributed by atoms with Crippen molar-refractivity contribution in [1.82, 2.24) is 5.32 Å². The smallest absolute Gasteiger partial charge is 0.217 e. The van der Waals surface area contributed by atoms with Gasteiger partial charge in [0.15, 0.2) is 18.9 Å². The molecule has 3 heterocycles. The summed E-state index contributed by atoms with van der Waals surface area (Å²) in [5.74, 6) is 0.424. The highest BCUT2D eigenvalue weighted by Crippen LogP contribution is 2.39. The molecule has 1 amide bonds. The van der Waals surface area contributed by atoms with Crippen molar-refractivity contribution in [2.45, 2.75) is 108 Å². The topological polar surface area (TPSA) is 121 Å². The van der Waals surface area contributed by atoms with E-state index in [9.17, 15) is 4.79 Å². The number of amides is 1. The third kappa shape index (κ3) is 11.1. The fourth-order valence-electron chi connectivity index (χ4n) is 8.08. The summed E-state index contributed by atoms with van der Waals surface area (Å²) in [7, 11) is 1.62. The van der Waals surface area contributed by atoms with Gasteiger partial charge in [-0.25, -0.2) is 0 Å². The van der Waals surface area contributed by atoms with E-state index in [2.05, 4.69) is 5.32 Å². The van der Waals surface area contributed by atoms with Gasteiger partial charge >= 0.3 is 0 Å². The second-order valence-corrected chi connectivity index (χ2v) is 15.7. The van der Waals surface area contributed by atoms with Gasteiger partial charge in [0, 0.05) is 12.5 Å². The van der Waals surface area contributed by atoms with Crippen molar-refractivity contribution in [2.24, 2.45) is 0 Å². The third-order valence-electron chi connectivity index (χ3n) is 11.2.